The Labute approximate surface area is 124 Å². The van der Waals surface area contributed by atoms with Gasteiger partial charge >= 0.3 is 0 Å². The van der Waals surface area contributed by atoms with Crippen molar-refractivity contribution >= 4 is 0 Å². The molecule has 5 heteroatoms. The minimum atomic E-state index is 0.0463. The molecule has 21 heavy (non-hydrogen) atoms. The van der Waals surface area contributed by atoms with Crippen LogP contribution in [-0.4, -0.2) is 41.7 Å². The summed E-state index contributed by atoms with van der Waals surface area (Å²) in [5.41, 5.74) is 7.86. The predicted molar refractivity (Wildman–Crippen MR) is 80.6 cm³/mol. The van der Waals surface area contributed by atoms with Crippen molar-refractivity contribution in [3.8, 4) is 11.5 Å². The Balaban J connectivity index is 1.65. The van der Waals surface area contributed by atoms with Gasteiger partial charge in [-0.15, -0.1) is 0 Å². The highest BCUT2D eigenvalue weighted by Crippen LogP contribution is 2.19. The second-order valence-electron chi connectivity index (χ2n) is 5.51. The molecule has 2 unspecified atom stereocenters. The molecule has 2 heterocycles. The van der Waals surface area contributed by atoms with Gasteiger partial charge in [-0.2, -0.15) is 0 Å². The average Bonchev–Trinajstić information content (AvgIpc) is 2.97. The molecular weight excluding hydrogens is 266 g/mol. The molecule has 1 saturated heterocycles. The Kier molecular flexibility index (Phi) is 4.34. The van der Waals surface area contributed by atoms with E-state index in [1.165, 1.54) is 0 Å². The Hall–Kier alpha value is -1.69. The molecule has 2 N–H and O–H groups in total. The molecular formula is C16H21N3O2. The molecule has 1 aliphatic heterocycles. The summed E-state index contributed by atoms with van der Waals surface area (Å²) in [6.07, 6.45) is 1.83. The van der Waals surface area contributed by atoms with E-state index in [4.69, 9.17) is 14.9 Å². The summed E-state index contributed by atoms with van der Waals surface area (Å²) >= 11 is 0. The second-order valence-corrected chi connectivity index (χ2v) is 5.51. The summed E-state index contributed by atoms with van der Waals surface area (Å²) < 4.78 is 11.2. The van der Waals surface area contributed by atoms with E-state index >= 15 is 0 Å². The number of aromatic nitrogens is 1. The summed E-state index contributed by atoms with van der Waals surface area (Å²) in [6.45, 7) is 5.21. The van der Waals surface area contributed by atoms with Crippen LogP contribution in [0, 0.1) is 0 Å². The molecule has 2 aromatic rings. The molecule has 0 amide bonds. The van der Waals surface area contributed by atoms with Gasteiger partial charge in [-0.3, -0.25) is 4.90 Å². The molecule has 1 aromatic carbocycles. The Morgan fingerprint density at radius 2 is 2.19 bits per heavy atom. The van der Waals surface area contributed by atoms with Gasteiger partial charge in [0.1, 0.15) is 6.26 Å². The van der Waals surface area contributed by atoms with E-state index in [1.54, 1.807) is 6.26 Å². The van der Waals surface area contributed by atoms with Crippen LogP contribution in [0.4, 0.5) is 0 Å². The molecule has 1 aromatic heterocycles. The van der Waals surface area contributed by atoms with Crippen LogP contribution in [0.5, 0.6) is 0 Å². The summed E-state index contributed by atoms with van der Waals surface area (Å²) in [6, 6.07) is 9.98. The standard InChI is InChI=1S/C16H21N3O2/c1-12(17)15-10-19(7-8-20-15)9-14-11-21-16(18-14)13-5-3-2-4-6-13/h2-6,11-12,15H,7-10,17H2,1H3. The van der Waals surface area contributed by atoms with Gasteiger partial charge in [-0.1, -0.05) is 18.2 Å². The molecule has 0 saturated carbocycles. The number of hydrogen-bond acceptors (Lipinski definition) is 5. The molecule has 0 spiro atoms. The molecule has 112 valence electrons. The third kappa shape index (κ3) is 3.50. The van der Waals surface area contributed by atoms with Gasteiger partial charge in [0.25, 0.3) is 0 Å². The highest BCUT2D eigenvalue weighted by atomic mass is 16.5. The van der Waals surface area contributed by atoms with Crippen molar-refractivity contribution in [3.63, 3.8) is 0 Å². The SMILES string of the molecule is CC(N)C1CN(Cc2coc(-c3ccccc3)n2)CCO1. The van der Waals surface area contributed by atoms with Crippen LogP contribution < -0.4 is 5.73 Å². The van der Waals surface area contributed by atoms with Crippen molar-refractivity contribution in [1.29, 1.82) is 0 Å². The summed E-state index contributed by atoms with van der Waals surface area (Å²) in [4.78, 5) is 6.87. The lowest BCUT2D eigenvalue weighted by Crippen LogP contribution is -2.49. The maximum Gasteiger partial charge on any atom is 0.226 e. The van der Waals surface area contributed by atoms with Gasteiger partial charge in [-0.25, -0.2) is 4.98 Å². The average molecular weight is 287 g/mol. The fraction of sp³-hybridized carbons (Fsp3) is 0.438. The minimum absolute atomic E-state index is 0.0463. The van der Waals surface area contributed by atoms with Crippen molar-refractivity contribution in [2.24, 2.45) is 5.73 Å². The third-order valence-electron chi connectivity index (χ3n) is 3.72. The van der Waals surface area contributed by atoms with E-state index < -0.39 is 0 Å². The third-order valence-corrected chi connectivity index (χ3v) is 3.72. The van der Waals surface area contributed by atoms with Gasteiger partial charge in [0.2, 0.25) is 5.89 Å². The van der Waals surface area contributed by atoms with Gasteiger partial charge in [-0.05, 0) is 19.1 Å². The molecule has 3 rings (SSSR count). The van der Waals surface area contributed by atoms with Crippen LogP contribution in [0.2, 0.25) is 0 Å². The highest BCUT2D eigenvalue weighted by molar-refractivity contribution is 5.52. The molecule has 0 bridgehead atoms. The van der Waals surface area contributed by atoms with E-state index in [0.717, 1.165) is 37.5 Å². The maximum absolute atomic E-state index is 5.92. The van der Waals surface area contributed by atoms with Gasteiger partial charge < -0.3 is 14.9 Å². The highest BCUT2D eigenvalue weighted by Gasteiger charge is 2.24. The van der Waals surface area contributed by atoms with Gasteiger partial charge in [0.15, 0.2) is 0 Å². The lowest BCUT2D eigenvalue weighted by molar-refractivity contribution is -0.0406. The Bertz CT molecular complexity index is 568. The van der Waals surface area contributed by atoms with Crippen molar-refractivity contribution in [2.75, 3.05) is 19.7 Å². The Morgan fingerprint density at radius 3 is 2.95 bits per heavy atom. The van der Waals surface area contributed by atoms with Crippen LogP contribution in [0.15, 0.2) is 41.0 Å². The van der Waals surface area contributed by atoms with Crippen LogP contribution in [0.3, 0.4) is 0 Å². The number of nitrogens with two attached hydrogens (primary N) is 1. The monoisotopic (exact) mass is 287 g/mol. The van der Waals surface area contributed by atoms with E-state index in [0.29, 0.717) is 5.89 Å². The van der Waals surface area contributed by atoms with Gasteiger partial charge in [0, 0.05) is 31.2 Å². The predicted octanol–water partition coefficient (Wildman–Crippen LogP) is 1.89. The molecule has 1 aliphatic rings. The van der Waals surface area contributed by atoms with Crippen LogP contribution in [0.1, 0.15) is 12.6 Å². The van der Waals surface area contributed by atoms with Crippen molar-refractivity contribution in [3.05, 3.63) is 42.3 Å². The largest absolute Gasteiger partial charge is 0.444 e. The number of morpholine rings is 1. The second kappa shape index (κ2) is 6.39. The zero-order chi connectivity index (χ0) is 14.7. The smallest absolute Gasteiger partial charge is 0.226 e. The van der Waals surface area contributed by atoms with E-state index in [2.05, 4.69) is 9.88 Å². The van der Waals surface area contributed by atoms with Gasteiger partial charge in [0.05, 0.1) is 18.4 Å². The molecule has 2 atom stereocenters. The number of nitrogens with zero attached hydrogens (tertiary/aromatic N) is 2. The number of hydrogen-bond donors (Lipinski definition) is 1. The first-order valence-corrected chi connectivity index (χ1v) is 7.32. The fourth-order valence-electron chi connectivity index (χ4n) is 2.52. The van der Waals surface area contributed by atoms with Crippen LogP contribution >= 0.6 is 0 Å². The normalized spacial score (nSPS) is 21.3. The summed E-state index contributed by atoms with van der Waals surface area (Å²) in [5, 5.41) is 0. The number of ether oxygens (including phenoxy) is 1. The first-order valence-electron chi connectivity index (χ1n) is 7.32. The Morgan fingerprint density at radius 1 is 1.38 bits per heavy atom. The zero-order valence-electron chi connectivity index (χ0n) is 12.2. The lowest BCUT2D eigenvalue weighted by atomic mass is 10.1. The van der Waals surface area contributed by atoms with Crippen molar-refractivity contribution in [2.45, 2.75) is 25.6 Å². The van der Waals surface area contributed by atoms with Crippen LogP contribution in [-0.2, 0) is 11.3 Å². The maximum atomic E-state index is 5.92. The zero-order valence-corrected chi connectivity index (χ0v) is 12.2. The van der Waals surface area contributed by atoms with Crippen LogP contribution in [0.25, 0.3) is 11.5 Å². The minimum Gasteiger partial charge on any atom is -0.444 e. The molecule has 5 nitrogen and oxygen atoms in total. The van der Waals surface area contributed by atoms with E-state index in [9.17, 15) is 0 Å². The lowest BCUT2D eigenvalue weighted by Gasteiger charge is -2.34. The molecule has 1 fully saturated rings. The number of rotatable bonds is 4. The summed E-state index contributed by atoms with van der Waals surface area (Å²) in [5.74, 6) is 0.669. The fourth-order valence-corrected chi connectivity index (χ4v) is 2.52. The van der Waals surface area contributed by atoms with Crippen molar-refractivity contribution in [1.82, 2.24) is 9.88 Å². The topological polar surface area (TPSA) is 64.5 Å². The van der Waals surface area contributed by atoms with E-state index in [1.807, 2.05) is 37.3 Å². The van der Waals surface area contributed by atoms with Crippen molar-refractivity contribution < 1.29 is 9.15 Å². The summed E-state index contributed by atoms with van der Waals surface area (Å²) in [7, 11) is 0. The first-order chi connectivity index (χ1) is 10.2. The quantitative estimate of drug-likeness (QED) is 0.930. The molecule has 0 aliphatic carbocycles. The first kappa shape index (κ1) is 14.3. The number of oxazole rings is 1. The number of benzene rings is 1. The van der Waals surface area contributed by atoms with E-state index in [-0.39, 0.29) is 12.1 Å². The molecule has 0 radical (unpaired) electrons.